The van der Waals surface area contributed by atoms with Gasteiger partial charge < -0.3 is 10.6 Å². The predicted molar refractivity (Wildman–Crippen MR) is 108 cm³/mol. The number of carbonyl (C=O) groups excluding carboxylic acids is 4. The molecule has 0 saturated heterocycles. The fraction of sp³-hybridized carbons (Fsp3) is 0.238. The molecule has 30 heavy (non-hydrogen) atoms. The zero-order valence-electron chi connectivity index (χ0n) is 15.9. The molecule has 7 nitrogen and oxygen atoms in total. The third-order valence-electron chi connectivity index (χ3n) is 4.59. The Bertz CT molecular complexity index is 956. The molecule has 0 fully saturated rings. The van der Waals surface area contributed by atoms with Crippen LogP contribution in [0.1, 0.15) is 43.9 Å². The lowest BCUT2D eigenvalue weighted by atomic mass is 10.1. The summed E-state index contributed by atoms with van der Waals surface area (Å²) >= 11 is 5.83. The summed E-state index contributed by atoms with van der Waals surface area (Å²) in [4.78, 5) is 49.6. The first-order valence-corrected chi connectivity index (χ1v) is 9.72. The average molecular weight is 432 g/mol. The highest BCUT2D eigenvalue weighted by Crippen LogP contribution is 2.22. The van der Waals surface area contributed by atoms with E-state index in [-0.39, 0.29) is 54.4 Å². The normalized spacial score (nSPS) is 12.7. The zero-order valence-corrected chi connectivity index (χ0v) is 16.7. The van der Waals surface area contributed by atoms with Crippen LogP contribution >= 0.6 is 11.6 Å². The Morgan fingerprint density at radius 2 is 1.57 bits per heavy atom. The van der Waals surface area contributed by atoms with Crippen LogP contribution in [0.25, 0.3) is 0 Å². The standard InChI is InChI=1S/C21H19ClFN3O4/c22-15-7-3-8-16(23)18(15)19(28)25-11-10-24-17(27)9-4-12-26-20(29)13-5-1-2-6-14(13)21(26)30/h1-3,5-8H,4,9-12H2,(H,24,27)(H,25,28). The van der Waals surface area contributed by atoms with Crippen LogP contribution in [0.5, 0.6) is 0 Å². The molecule has 0 bridgehead atoms. The zero-order chi connectivity index (χ0) is 21.7. The predicted octanol–water partition coefficient (Wildman–Crippen LogP) is 2.40. The van der Waals surface area contributed by atoms with Gasteiger partial charge in [-0.1, -0.05) is 29.8 Å². The largest absolute Gasteiger partial charge is 0.354 e. The van der Waals surface area contributed by atoms with E-state index in [4.69, 9.17) is 11.6 Å². The quantitative estimate of drug-likeness (QED) is 0.495. The number of hydrogen-bond donors (Lipinski definition) is 2. The molecule has 1 aliphatic heterocycles. The Hall–Kier alpha value is -3.26. The van der Waals surface area contributed by atoms with E-state index >= 15 is 0 Å². The number of imide groups is 1. The Kier molecular flexibility index (Phi) is 6.79. The minimum Gasteiger partial charge on any atom is -0.354 e. The molecule has 0 radical (unpaired) electrons. The van der Waals surface area contributed by atoms with Gasteiger partial charge in [0.2, 0.25) is 5.91 Å². The Morgan fingerprint density at radius 3 is 2.20 bits per heavy atom. The summed E-state index contributed by atoms with van der Waals surface area (Å²) in [6.07, 6.45) is 0.426. The van der Waals surface area contributed by atoms with Crippen molar-refractivity contribution < 1.29 is 23.6 Å². The number of halogens is 2. The van der Waals surface area contributed by atoms with Crippen molar-refractivity contribution in [1.29, 1.82) is 0 Å². The number of fused-ring (bicyclic) bond motifs is 1. The van der Waals surface area contributed by atoms with Gasteiger partial charge in [-0.3, -0.25) is 24.1 Å². The first kappa shape index (κ1) is 21.4. The minimum absolute atomic E-state index is 0.00435. The van der Waals surface area contributed by atoms with E-state index in [2.05, 4.69) is 10.6 Å². The van der Waals surface area contributed by atoms with Crippen LogP contribution in [-0.2, 0) is 4.79 Å². The summed E-state index contributed by atoms with van der Waals surface area (Å²) in [5, 5.41) is 5.10. The Labute approximate surface area is 177 Å². The molecular weight excluding hydrogens is 413 g/mol. The van der Waals surface area contributed by atoms with E-state index in [0.29, 0.717) is 17.5 Å². The van der Waals surface area contributed by atoms with Gasteiger partial charge in [0.1, 0.15) is 5.82 Å². The molecule has 0 aromatic heterocycles. The van der Waals surface area contributed by atoms with Crippen LogP contribution in [0.2, 0.25) is 5.02 Å². The monoisotopic (exact) mass is 431 g/mol. The maximum absolute atomic E-state index is 13.7. The lowest BCUT2D eigenvalue weighted by molar-refractivity contribution is -0.121. The van der Waals surface area contributed by atoms with Gasteiger partial charge in [0.25, 0.3) is 17.7 Å². The molecule has 3 rings (SSSR count). The van der Waals surface area contributed by atoms with Crippen molar-refractivity contribution in [3.8, 4) is 0 Å². The number of hydrogen-bond acceptors (Lipinski definition) is 4. The number of nitrogens with zero attached hydrogens (tertiary/aromatic N) is 1. The van der Waals surface area contributed by atoms with Crippen molar-refractivity contribution in [2.75, 3.05) is 19.6 Å². The highest BCUT2D eigenvalue weighted by molar-refractivity contribution is 6.33. The molecule has 156 valence electrons. The summed E-state index contributed by atoms with van der Waals surface area (Å²) in [6, 6.07) is 10.5. The highest BCUT2D eigenvalue weighted by atomic mass is 35.5. The van der Waals surface area contributed by atoms with Gasteiger partial charge in [-0.2, -0.15) is 0 Å². The topological polar surface area (TPSA) is 95.6 Å². The van der Waals surface area contributed by atoms with Crippen molar-refractivity contribution in [3.63, 3.8) is 0 Å². The van der Waals surface area contributed by atoms with Crippen LogP contribution in [-0.4, -0.2) is 48.2 Å². The van der Waals surface area contributed by atoms with Crippen LogP contribution in [0.4, 0.5) is 4.39 Å². The third-order valence-corrected chi connectivity index (χ3v) is 4.90. The van der Waals surface area contributed by atoms with Gasteiger partial charge in [-0.15, -0.1) is 0 Å². The number of carbonyl (C=O) groups is 4. The molecule has 1 aliphatic rings. The van der Waals surface area contributed by atoms with Crippen molar-refractivity contribution in [2.45, 2.75) is 12.8 Å². The van der Waals surface area contributed by atoms with Crippen molar-refractivity contribution in [1.82, 2.24) is 15.5 Å². The molecule has 2 aromatic carbocycles. The lowest BCUT2D eigenvalue weighted by Gasteiger charge is -2.13. The molecule has 0 saturated carbocycles. The number of rotatable bonds is 8. The molecule has 2 aromatic rings. The molecule has 0 atom stereocenters. The van der Waals surface area contributed by atoms with Crippen LogP contribution in [0, 0.1) is 5.82 Å². The maximum Gasteiger partial charge on any atom is 0.261 e. The fourth-order valence-electron chi connectivity index (χ4n) is 3.11. The average Bonchev–Trinajstić information content (AvgIpc) is 2.96. The lowest BCUT2D eigenvalue weighted by Crippen LogP contribution is -2.36. The summed E-state index contributed by atoms with van der Waals surface area (Å²) in [7, 11) is 0. The van der Waals surface area contributed by atoms with E-state index in [1.54, 1.807) is 24.3 Å². The van der Waals surface area contributed by atoms with Gasteiger partial charge in [-0.25, -0.2) is 4.39 Å². The molecule has 2 N–H and O–H groups in total. The van der Waals surface area contributed by atoms with E-state index in [1.807, 2.05) is 0 Å². The van der Waals surface area contributed by atoms with Gasteiger partial charge in [0.05, 0.1) is 21.7 Å². The Balaban J connectivity index is 1.37. The SMILES string of the molecule is O=C(CCCN1C(=O)c2ccccc2C1=O)NCCNC(=O)c1c(F)cccc1Cl. The van der Waals surface area contributed by atoms with E-state index in [9.17, 15) is 23.6 Å². The van der Waals surface area contributed by atoms with Crippen LogP contribution < -0.4 is 10.6 Å². The van der Waals surface area contributed by atoms with Crippen molar-refractivity contribution >= 4 is 35.2 Å². The first-order valence-electron chi connectivity index (χ1n) is 9.34. The van der Waals surface area contributed by atoms with Gasteiger partial charge in [0.15, 0.2) is 0 Å². The number of benzene rings is 2. The second kappa shape index (κ2) is 9.49. The maximum atomic E-state index is 13.7. The molecule has 4 amide bonds. The van der Waals surface area contributed by atoms with Crippen molar-refractivity contribution in [2.24, 2.45) is 0 Å². The summed E-state index contributed by atoms with van der Waals surface area (Å²) in [5.74, 6) is -2.39. The van der Waals surface area contributed by atoms with E-state index in [0.717, 1.165) is 11.0 Å². The molecule has 0 spiro atoms. The van der Waals surface area contributed by atoms with E-state index in [1.165, 1.54) is 12.1 Å². The van der Waals surface area contributed by atoms with Gasteiger partial charge in [-0.05, 0) is 30.7 Å². The molecule has 9 heteroatoms. The van der Waals surface area contributed by atoms with Gasteiger partial charge >= 0.3 is 0 Å². The summed E-state index contributed by atoms with van der Waals surface area (Å²) in [6.45, 7) is 0.375. The van der Waals surface area contributed by atoms with Crippen LogP contribution in [0.3, 0.4) is 0 Å². The molecule has 0 unspecified atom stereocenters. The first-order chi connectivity index (χ1) is 14.4. The fourth-order valence-corrected chi connectivity index (χ4v) is 3.36. The van der Waals surface area contributed by atoms with Gasteiger partial charge in [0, 0.05) is 26.1 Å². The second-order valence-electron chi connectivity index (χ2n) is 6.61. The minimum atomic E-state index is -0.725. The smallest absolute Gasteiger partial charge is 0.261 e. The highest BCUT2D eigenvalue weighted by Gasteiger charge is 2.34. The number of amides is 4. The Morgan fingerprint density at radius 1 is 0.933 bits per heavy atom. The third kappa shape index (κ3) is 4.65. The summed E-state index contributed by atoms with van der Waals surface area (Å²) in [5.41, 5.74) is 0.502. The summed E-state index contributed by atoms with van der Waals surface area (Å²) < 4.78 is 13.7. The number of nitrogens with one attached hydrogen (secondary N) is 2. The van der Waals surface area contributed by atoms with E-state index < -0.39 is 11.7 Å². The molecule has 0 aliphatic carbocycles. The molecule has 1 heterocycles. The van der Waals surface area contributed by atoms with Crippen molar-refractivity contribution in [3.05, 3.63) is 70.0 Å². The second-order valence-corrected chi connectivity index (χ2v) is 7.02. The van der Waals surface area contributed by atoms with Crippen LogP contribution in [0.15, 0.2) is 42.5 Å². The molecular formula is C21H19ClFN3O4.